The highest BCUT2D eigenvalue weighted by atomic mass is 32.2. The molecule has 1 saturated heterocycles. The molecule has 4 fully saturated rings. The summed E-state index contributed by atoms with van der Waals surface area (Å²) < 4.78 is 11.8. The van der Waals surface area contributed by atoms with Crippen molar-refractivity contribution < 1.29 is 33.4 Å². The zero-order chi connectivity index (χ0) is 43.8. The molecule has 340 valence electrons. The predicted octanol–water partition coefficient (Wildman–Crippen LogP) is 8.70. The first-order valence-electron chi connectivity index (χ1n) is 23.9. The molecule has 1 heterocycles. The number of ketones is 1. The fourth-order valence-electron chi connectivity index (χ4n) is 12.3. The maximum absolute atomic E-state index is 13.0. The van der Waals surface area contributed by atoms with Crippen LogP contribution in [0.15, 0.2) is 11.6 Å². The molecule has 0 radical (unpaired) electrons. The second kappa shape index (κ2) is 21.9. The molecule has 10 nitrogen and oxygen atoms in total. The number of esters is 1. The van der Waals surface area contributed by atoms with Crippen LogP contribution in [-0.4, -0.2) is 89.9 Å². The average Bonchev–Trinajstić information content (AvgIpc) is 3.67. The van der Waals surface area contributed by atoms with Crippen LogP contribution in [0.1, 0.15) is 159 Å². The summed E-state index contributed by atoms with van der Waals surface area (Å²) in [6.07, 6.45) is 16.9. The number of hydrogen-bond acceptors (Lipinski definition) is 9. The van der Waals surface area contributed by atoms with Crippen LogP contribution >= 0.6 is 11.8 Å². The minimum atomic E-state index is -0.510. The van der Waals surface area contributed by atoms with Crippen LogP contribution in [0.4, 0.5) is 0 Å². The molecule has 3 saturated carbocycles. The Morgan fingerprint density at radius 3 is 2.42 bits per heavy atom. The molecule has 0 bridgehead atoms. The summed E-state index contributed by atoms with van der Waals surface area (Å²) in [5.74, 6) is 4.19. The Bertz CT molecular complexity index is 1530. The van der Waals surface area contributed by atoms with Gasteiger partial charge in [0.15, 0.2) is 5.78 Å². The van der Waals surface area contributed by atoms with Gasteiger partial charge in [0.05, 0.1) is 30.9 Å². The first-order chi connectivity index (χ1) is 28.4. The largest absolute Gasteiger partial charge is 0.462 e. The molecule has 10 atom stereocenters. The van der Waals surface area contributed by atoms with Crippen LogP contribution in [0.5, 0.6) is 0 Å². The van der Waals surface area contributed by atoms with E-state index in [0.717, 1.165) is 48.9 Å². The van der Waals surface area contributed by atoms with E-state index in [2.05, 4.69) is 51.3 Å². The van der Waals surface area contributed by atoms with Gasteiger partial charge in [0.2, 0.25) is 17.7 Å². The third kappa shape index (κ3) is 12.1. The number of carbonyl (C=O) groups excluding carboxylic acids is 5. The molecule has 4 aliphatic carbocycles. The van der Waals surface area contributed by atoms with E-state index in [0.29, 0.717) is 30.1 Å². The van der Waals surface area contributed by atoms with Gasteiger partial charge in [0.25, 0.3) is 0 Å². The van der Waals surface area contributed by atoms with E-state index in [9.17, 15) is 24.0 Å². The lowest BCUT2D eigenvalue weighted by molar-refractivity contribution is -0.155. The summed E-state index contributed by atoms with van der Waals surface area (Å²) in [4.78, 5) is 65.1. The topological polar surface area (TPSA) is 131 Å². The van der Waals surface area contributed by atoms with Crippen molar-refractivity contribution in [3.63, 3.8) is 0 Å². The lowest BCUT2D eigenvalue weighted by Gasteiger charge is -2.58. The summed E-state index contributed by atoms with van der Waals surface area (Å²) in [5.41, 5.74) is 2.18. The number of fused-ring (bicyclic) bond motifs is 5. The van der Waals surface area contributed by atoms with Crippen molar-refractivity contribution in [3.8, 4) is 0 Å². The van der Waals surface area contributed by atoms with Crippen molar-refractivity contribution in [2.75, 3.05) is 32.1 Å². The van der Waals surface area contributed by atoms with E-state index < -0.39 is 5.25 Å². The molecule has 0 spiro atoms. The summed E-state index contributed by atoms with van der Waals surface area (Å²) >= 11 is 1.36. The summed E-state index contributed by atoms with van der Waals surface area (Å²) in [6.45, 7) is 21.1. The van der Waals surface area contributed by atoms with Gasteiger partial charge in [0, 0.05) is 43.6 Å². The molecule has 60 heavy (non-hydrogen) atoms. The number of amides is 3. The Kier molecular flexibility index (Phi) is 17.8. The van der Waals surface area contributed by atoms with Crippen molar-refractivity contribution in [1.29, 1.82) is 0 Å². The quantitative estimate of drug-likeness (QED) is 0.0449. The lowest BCUT2D eigenvalue weighted by atomic mass is 9.47. The molecule has 10 unspecified atom stereocenters. The van der Waals surface area contributed by atoms with Crippen LogP contribution in [0.3, 0.4) is 0 Å². The van der Waals surface area contributed by atoms with E-state index in [4.69, 9.17) is 9.47 Å². The lowest BCUT2D eigenvalue weighted by Crippen LogP contribution is -2.51. The SMILES string of the molecule is CC(C)CCCC(C)C1CCC2C3CC=C4CCC(OC(=O)CCOCCNC(=O)CCCN5C(=O)CC(SCC(NC(C)C)C(=O)C(C)C)C5=O)CC4(C)C3CCC12C. The van der Waals surface area contributed by atoms with Gasteiger partial charge >= 0.3 is 5.97 Å². The van der Waals surface area contributed by atoms with Crippen molar-refractivity contribution in [2.24, 2.45) is 52.3 Å². The van der Waals surface area contributed by atoms with Gasteiger partial charge in [-0.05, 0) is 104 Å². The Hall–Kier alpha value is -2.24. The number of thioether (sulfide) groups is 1. The summed E-state index contributed by atoms with van der Waals surface area (Å²) in [5, 5.41) is 5.61. The number of rotatable bonds is 23. The van der Waals surface area contributed by atoms with E-state index in [-0.39, 0.29) is 98.0 Å². The molecule has 5 rings (SSSR count). The van der Waals surface area contributed by atoms with Crippen molar-refractivity contribution in [3.05, 3.63) is 11.6 Å². The maximum Gasteiger partial charge on any atom is 0.308 e. The number of nitrogens with one attached hydrogen (secondary N) is 2. The molecular weight excluding hydrogens is 775 g/mol. The monoisotopic (exact) mass is 856 g/mol. The molecular formula is C49H81N3O7S. The van der Waals surface area contributed by atoms with Crippen molar-refractivity contribution in [2.45, 2.75) is 182 Å². The molecule has 0 aromatic carbocycles. The van der Waals surface area contributed by atoms with E-state index in [1.54, 1.807) is 5.57 Å². The highest BCUT2D eigenvalue weighted by Gasteiger charge is 2.59. The van der Waals surface area contributed by atoms with E-state index >= 15 is 0 Å². The number of Topliss-reactive ketones (excluding diaryl/α,β-unsaturated/α-hetero) is 1. The zero-order valence-corrected chi connectivity index (χ0v) is 39.6. The normalized spacial score (nSPS) is 31.2. The minimum absolute atomic E-state index is 0.0566. The third-order valence-electron chi connectivity index (χ3n) is 15.4. The van der Waals surface area contributed by atoms with Crippen molar-refractivity contribution >= 4 is 41.2 Å². The van der Waals surface area contributed by atoms with Crippen LogP contribution < -0.4 is 10.6 Å². The first-order valence-corrected chi connectivity index (χ1v) is 25.0. The molecule has 2 N–H and O–H groups in total. The third-order valence-corrected chi connectivity index (χ3v) is 16.7. The Morgan fingerprint density at radius 1 is 0.933 bits per heavy atom. The molecule has 1 aliphatic heterocycles. The maximum atomic E-state index is 13.0. The number of hydrogen-bond donors (Lipinski definition) is 2. The molecule has 0 aromatic rings. The standard InChI is InChI=1S/C49H81N3O7S/c1-31(2)12-10-13-34(7)38-19-20-39-37-18-16-35-15-17-36(29-49(35,9)40(37)21-23-48(38,39)8)59-45(55)22-26-58-27-24-50-43(53)14-11-25-52-44(54)28-42(47(52)57)60-30-41(51-33(5)6)46(56)32(3)4/h16,31-34,36-42,51H,10-15,17-30H2,1-9H3,(H,50,53). The predicted molar refractivity (Wildman–Crippen MR) is 240 cm³/mol. The van der Waals surface area contributed by atoms with Gasteiger partial charge in [0.1, 0.15) is 6.10 Å². The Balaban J connectivity index is 0.958. The highest BCUT2D eigenvalue weighted by molar-refractivity contribution is 8.00. The van der Waals surface area contributed by atoms with Gasteiger partial charge in [-0.15, -0.1) is 11.8 Å². The van der Waals surface area contributed by atoms with Crippen LogP contribution in [0.25, 0.3) is 0 Å². The fraction of sp³-hybridized carbons (Fsp3) is 0.857. The van der Waals surface area contributed by atoms with E-state index in [1.807, 2.05) is 27.7 Å². The van der Waals surface area contributed by atoms with Gasteiger partial charge in [-0.3, -0.25) is 28.9 Å². The number of imide groups is 1. The van der Waals surface area contributed by atoms with Crippen LogP contribution in [-0.2, 0) is 33.4 Å². The number of allylic oxidation sites excluding steroid dienone is 2. The molecule has 0 aromatic heterocycles. The fourth-order valence-corrected chi connectivity index (χ4v) is 13.6. The first kappa shape index (κ1) is 48.8. The van der Waals surface area contributed by atoms with Gasteiger partial charge in [-0.25, -0.2) is 0 Å². The Labute approximate surface area is 367 Å². The molecule has 5 aliphatic rings. The van der Waals surface area contributed by atoms with Crippen LogP contribution in [0, 0.1) is 52.3 Å². The zero-order valence-electron chi connectivity index (χ0n) is 38.8. The minimum Gasteiger partial charge on any atom is -0.462 e. The average molecular weight is 856 g/mol. The summed E-state index contributed by atoms with van der Waals surface area (Å²) in [6, 6.07) is -0.252. The number of carbonyl (C=O) groups is 5. The molecule has 11 heteroatoms. The van der Waals surface area contributed by atoms with Gasteiger partial charge in [-0.1, -0.05) is 93.2 Å². The number of likely N-dealkylation sites (tertiary alicyclic amines) is 1. The second-order valence-corrected chi connectivity index (χ2v) is 22.0. The Morgan fingerprint density at radius 2 is 1.70 bits per heavy atom. The van der Waals surface area contributed by atoms with Gasteiger partial charge < -0.3 is 20.1 Å². The smallest absolute Gasteiger partial charge is 0.308 e. The van der Waals surface area contributed by atoms with E-state index in [1.165, 1.54) is 68.0 Å². The summed E-state index contributed by atoms with van der Waals surface area (Å²) in [7, 11) is 0. The van der Waals surface area contributed by atoms with Gasteiger partial charge in [-0.2, -0.15) is 0 Å². The number of nitrogens with zero attached hydrogens (tertiary/aromatic N) is 1. The highest BCUT2D eigenvalue weighted by Crippen LogP contribution is 2.67. The second-order valence-electron chi connectivity index (χ2n) is 20.8. The van der Waals surface area contributed by atoms with Crippen molar-refractivity contribution in [1.82, 2.24) is 15.5 Å². The number of ether oxygens (including phenoxy) is 2. The molecule has 3 amide bonds. The van der Waals surface area contributed by atoms with Crippen LogP contribution in [0.2, 0.25) is 0 Å².